The molecule has 52 heavy (non-hydrogen) atoms. The highest BCUT2D eigenvalue weighted by atomic mass is 127. The zero-order chi connectivity index (χ0) is 37.8. The predicted octanol–water partition coefficient (Wildman–Crippen LogP) is 1.58. The summed E-state index contributed by atoms with van der Waals surface area (Å²) in [6.07, 6.45) is 2.14. The molecule has 0 aromatic heterocycles. The van der Waals surface area contributed by atoms with Gasteiger partial charge >= 0.3 is 0 Å². The number of amidine groups is 1. The Balaban J connectivity index is 1.70. The van der Waals surface area contributed by atoms with Gasteiger partial charge in [-0.15, -0.1) is 0 Å². The second kappa shape index (κ2) is 19.2. The van der Waals surface area contributed by atoms with Crippen molar-refractivity contribution in [2.24, 2.45) is 11.5 Å². The third-order valence-corrected chi connectivity index (χ3v) is 9.88. The van der Waals surface area contributed by atoms with E-state index in [-0.39, 0.29) is 43.8 Å². The van der Waals surface area contributed by atoms with Crippen molar-refractivity contribution in [1.29, 1.82) is 5.41 Å². The Morgan fingerprint density at radius 1 is 0.827 bits per heavy atom. The maximum Gasteiger partial charge on any atom is 0.245 e. The Morgan fingerprint density at radius 2 is 1.50 bits per heavy atom. The molecule has 0 radical (unpaired) electrons. The molecule has 3 aromatic carbocycles. The number of nitrogens with one attached hydrogen (secondary N) is 5. The van der Waals surface area contributed by atoms with Crippen molar-refractivity contribution in [1.82, 2.24) is 26.2 Å². The third kappa shape index (κ3) is 11.4. The lowest BCUT2D eigenvalue weighted by atomic mass is 10.00. The van der Waals surface area contributed by atoms with Gasteiger partial charge in [0.25, 0.3) is 0 Å². The van der Waals surface area contributed by atoms with Crippen LogP contribution < -0.4 is 32.7 Å². The van der Waals surface area contributed by atoms with Gasteiger partial charge in [0.1, 0.15) is 29.9 Å². The average Bonchev–Trinajstić information content (AvgIpc) is 3.12. The summed E-state index contributed by atoms with van der Waals surface area (Å²) < 4.78 is 0.552. The average molecular weight is 827 g/mol. The fraction of sp³-hybridized carbons (Fsp3) is 0.405. The van der Waals surface area contributed by atoms with E-state index in [4.69, 9.17) is 16.9 Å². The van der Waals surface area contributed by atoms with E-state index in [1.54, 1.807) is 12.1 Å². The van der Waals surface area contributed by atoms with E-state index in [9.17, 15) is 29.1 Å². The lowest BCUT2D eigenvalue weighted by Gasteiger charge is -2.32. The number of rotatable bonds is 12. The van der Waals surface area contributed by atoms with E-state index in [0.29, 0.717) is 34.8 Å². The van der Waals surface area contributed by atoms with Crippen LogP contribution >= 0.6 is 22.6 Å². The number of unbranched alkanes of at least 4 members (excludes halogenated alkanes) is 1. The highest BCUT2D eigenvalue weighted by Gasteiger charge is 2.35. The first kappa shape index (κ1) is 40.0. The Bertz CT molecular complexity index is 1790. The highest BCUT2D eigenvalue weighted by Crippen LogP contribution is 2.22. The number of phenols is 1. The number of nitrogens with two attached hydrogens (primary N) is 2. The molecular formula is C37H47IN8O6. The largest absolute Gasteiger partial charge is 0.507 e. The fourth-order valence-corrected chi connectivity index (χ4v) is 6.72. The topological polar surface area (TPSA) is 233 Å². The predicted molar refractivity (Wildman–Crippen MR) is 206 cm³/mol. The third-order valence-electron chi connectivity index (χ3n) is 9.02. The number of halogens is 1. The molecule has 4 rings (SSSR count). The Hall–Kier alpha value is -4.77. The SMILES string of the molecule is CN1C(=O)[C@@H](Cc2ccc(O)c(I)c2)NC(=O)CNC(=O)[C@H](Cc2ccc3ccccc3c2)NC(=O)[C@H](CCCCC(=N)N)NC(=O)[C@H]1CCCN. The molecule has 5 amide bonds. The molecule has 0 saturated carbocycles. The van der Waals surface area contributed by atoms with E-state index in [2.05, 4.69) is 21.3 Å². The molecule has 1 saturated heterocycles. The van der Waals surface area contributed by atoms with Crippen LogP contribution in [0.4, 0.5) is 0 Å². The summed E-state index contributed by atoms with van der Waals surface area (Å²) in [5.74, 6) is -2.96. The second-order valence-electron chi connectivity index (χ2n) is 13.0. The zero-order valence-electron chi connectivity index (χ0n) is 29.1. The monoisotopic (exact) mass is 826 g/mol. The Morgan fingerprint density at radius 3 is 2.21 bits per heavy atom. The lowest BCUT2D eigenvalue weighted by molar-refractivity contribution is -0.142. The van der Waals surface area contributed by atoms with Crippen LogP contribution in [0.15, 0.2) is 60.7 Å². The van der Waals surface area contributed by atoms with Crippen molar-refractivity contribution >= 4 is 68.7 Å². The van der Waals surface area contributed by atoms with Crippen LogP contribution in [0, 0.1) is 8.98 Å². The minimum atomic E-state index is -1.14. The van der Waals surface area contributed by atoms with Crippen LogP contribution in [0.25, 0.3) is 10.8 Å². The van der Waals surface area contributed by atoms with Crippen molar-refractivity contribution in [3.63, 3.8) is 0 Å². The molecule has 10 N–H and O–H groups in total. The molecule has 1 aliphatic heterocycles. The number of carbonyl (C=O) groups is 5. The number of fused-ring (bicyclic) bond motifs is 1. The molecule has 14 nitrogen and oxygen atoms in total. The molecule has 0 aliphatic carbocycles. The lowest BCUT2D eigenvalue weighted by Crippen LogP contribution is -2.58. The molecule has 1 heterocycles. The minimum Gasteiger partial charge on any atom is -0.507 e. The molecule has 0 unspecified atom stereocenters. The molecule has 15 heteroatoms. The smallest absolute Gasteiger partial charge is 0.245 e. The van der Waals surface area contributed by atoms with Gasteiger partial charge in [0.2, 0.25) is 29.5 Å². The first-order valence-corrected chi connectivity index (χ1v) is 18.4. The van der Waals surface area contributed by atoms with Crippen molar-refractivity contribution in [2.75, 3.05) is 20.1 Å². The maximum absolute atomic E-state index is 14.1. The molecule has 1 fully saturated rings. The fourth-order valence-electron chi connectivity index (χ4n) is 6.14. The van der Waals surface area contributed by atoms with Gasteiger partial charge in [-0.3, -0.25) is 29.4 Å². The van der Waals surface area contributed by atoms with E-state index in [1.165, 1.54) is 18.0 Å². The maximum atomic E-state index is 14.1. The van der Waals surface area contributed by atoms with Crippen molar-refractivity contribution < 1.29 is 29.1 Å². The summed E-state index contributed by atoms with van der Waals surface area (Å²) in [6, 6.07) is 13.9. The van der Waals surface area contributed by atoms with Crippen LogP contribution in [0.3, 0.4) is 0 Å². The number of aromatic hydroxyl groups is 1. The molecule has 278 valence electrons. The van der Waals surface area contributed by atoms with Crippen molar-refractivity contribution in [3.05, 3.63) is 75.4 Å². The van der Waals surface area contributed by atoms with Crippen molar-refractivity contribution in [2.45, 2.75) is 75.5 Å². The Labute approximate surface area is 316 Å². The van der Waals surface area contributed by atoms with Gasteiger partial charge in [0, 0.05) is 26.3 Å². The molecule has 1 aliphatic rings. The Kier molecular flexibility index (Phi) is 14.8. The number of benzene rings is 3. The number of likely N-dealkylation sites (N-methyl/N-ethyl adjacent to an activating group) is 1. The van der Waals surface area contributed by atoms with Crippen LogP contribution in [-0.2, 0) is 36.8 Å². The van der Waals surface area contributed by atoms with Crippen LogP contribution in [0.1, 0.15) is 49.7 Å². The van der Waals surface area contributed by atoms with Crippen LogP contribution in [-0.4, -0.2) is 89.7 Å². The molecule has 0 spiro atoms. The number of phenolic OH excluding ortho intramolecular Hbond substituents is 1. The first-order valence-electron chi connectivity index (χ1n) is 17.3. The van der Waals surface area contributed by atoms with Crippen LogP contribution in [0.2, 0.25) is 0 Å². The van der Waals surface area contributed by atoms with E-state index in [0.717, 1.165) is 16.3 Å². The minimum absolute atomic E-state index is 0.00407. The molecular weight excluding hydrogens is 779 g/mol. The number of hydrogen-bond donors (Lipinski definition) is 8. The van der Waals surface area contributed by atoms with E-state index >= 15 is 0 Å². The van der Waals surface area contributed by atoms with Gasteiger partial charge in [-0.2, -0.15) is 0 Å². The molecule has 3 aromatic rings. The van der Waals surface area contributed by atoms with Gasteiger partial charge in [-0.05, 0) is 88.9 Å². The number of carbonyl (C=O) groups excluding carboxylic acids is 5. The highest BCUT2D eigenvalue weighted by molar-refractivity contribution is 14.1. The summed E-state index contributed by atoms with van der Waals surface area (Å²) in [4.78, 5) is 70.3. The summed E-state index contributed by atoms with van der Waals surface area (Å²) in [5.41, 5.74) is 12.8. The number of amides is 5. The summed E-state index contributed by atoms with van der Waals surface area (Å²) in [7, 11) is 1.46. The quantitative estimate of drug-likeness (QED) is 0.0577. The number of nitrogens with zero attached hydrogens (tertiary/aromatic N) is 1. The van der Waals surface area contributed by atoms with Crippen molar-refractivity contribution in [3.8, 4) is 5.75 Å². The van der Waals surface area contributed by atoms with Gasteiger partial charge < -0.3 is 42.7 Å². The first-order chi connectivity index (χ1) is 24.9. The summed E-state index contributed by atoms with van der Waals surface area (Å²) >= 11 is 1.96. The second-order valence-corrected chi connectivity index (χ2v) is 14.2. The van der Waals surface area contributed by atoms with Gasteiger partial charge in [0.05, 0.1) is 16.0 Å². The molecule has 4 atom stereocenters. The molecule has 0 bridgehead atoms. The zero-order valence-corrected chi connectivity index (χ0v) is 31.3. The van der Waals surface area contributed by atoms with E-state index < -0.39 is 60.2 Å². The van der Waals surface area contributed by atoms with Crippen LogP contribution in [0.5, 0.6) is 5.75 Å². The van der Waals surface area contributed by atoms with Gasteiger partial charge in [-0.1, -0.05) is 55.0 Å². The summed E-state index contributed by atoms with van der Waals surface area (Å²) in [5, 5.41) is 30.5. The normalized spacial score (nSPS) is 20.7. The van der Waals surface area contributed by atoms with Gasteiger partial charge in [-0.25, -0.2) is 0 Å². The summed E-state index contributed by atoms with van der Waals surface area (Å²) in [6.45, 7) is -0.233. The standard InChI is InChI=1S/C37H47IN8O6/c1-46-30(10-6-16-39)36(51)44-27(9-4-5-11-32(40)41)35(50)45-28(19-22-12-14-24-7-2-3-8-25(24)17-22)34(49)42-21-33(48)43-29(37(46)52)20-23-13-15-31(47)26(38)18-23/h2-3,7-8,12-15,17-18,27-30,47H,4-6,9-11,16,19-21,39H2,1H3,(H3,40,41)(H,42,49)(H,43,48)(H,44,51)(H,45,50)/t27-,28-,29+,30+/m0/s1. The van der Waals surface area contributed by atoms with Gasteiger partial charge in [0.15, 0.2) is 0 Å². The number of hydrogen-bond acceptors (Lipinski definition) is 8. The van der Waals surface area contributed by atoms with E-state index in [1.807, 2.05) is 65.1 Å².